The average Bonchev–Trinajstić information content (AvgIpc) is 2.10. The van der Waals surface area contributed by atoms with Crippen LogP contribution in [-0.2, 0) is 0 Å². The van der Waals surface area contributed by atoms with Gasteiger partial charge in [0.1, 0.15) is 5.82 Å². The lowest BCUT2D eigenvalue weighted by molar-refractivity contribution is -0.0602. The molecule has 7 heteroatoms. The summed E-state index contributed by atoms with van der Waals surface area (Å²) in [4.78, 5) is 0. The number of oxime groups is 1. The number of hydrogen-bond donors (Lipinski definition) is 1. The van der Waals surface area contributed by atoms with Crippen LogP contribution in [0.2, 0.25) is 0 Å². The molecule has 0 bridgehead atoms. The summed E-state index contributed by atoms with van der Waals surface area (Å²) in [6, 6.07) is 2.97. The van der Waals surface area contributed by atoms with Crippen molar-refractivity contribution in [1.29, 1.82) is 0 Å². The van der Waals surface area contributed by atoms with Crippen LogP contribution in [0.3, 0.4) is 0 Å². The SMILES string of the molecule is ON=C(c1cc(Br)ccc1F)C(F)(F)F. The first-order chi connectivity index (χ1) is 6.86. The van der Waals surface area contributed by atoms with Gasteiger partial charge < -0.3 is 5.21 Å². The van der Waals surface area contributed by atoms with E-state index in [0.717, 1.165) is 12.1 Å². The van der Waals surface area contributed by atoms with Crippen LogP contribution in [0.25, 0.3) is 0 Å². The van der Waals surface area contributed by atoms with Crippen molar-refractivity contribution in [3.8, 4) is 0 Å². The third-order valence-electron chi connectivity index (χ3n) is 1.55. The minimum atomic E-state index is -4.91. The van der Waals surface area contributed by atoms with Crippen molar-refractivity contribution in [2.45, 2.75) is 6.18 Å². The first-order valence-corrected chi connectivity index (χ1v) is 4.40. The predicted octanol–water partition coefficient (Wildman–Crippen LogP) is 3.33. The molecule has 15 heavy (non-hydrogen) atoms. The highest BCUT2D eigenvalue weighted by atomic mass is 79.9. The van der Waals surface area contributed by atoms with E-state index in [2.05, 4.69) is 21.1 Å². The highest BCUT2D eigenvalue weighted by Gasteiger charge is 2.39. The smallest absolute Gasteiger partial charge is 0.410 e. The number of rotatable bonds is 1. The molecule has 82 valence electrons. The molecule has 0 heterocycles. The molecule has 0 spiro atoms. The van der Waals surface area contributed by atoms with Gasteiger partial charge in [-0.15, -0.1) is 0 Å². The molecule has 0 aliphatic rings. The van der Waals surface area contributed by atoms with E-state index >= 15 is 0 Å². The second-order valence-corrected chi connectivity index (χ2v) is 3.49. The zero-order valence-electron chi connectivity index (χ0n) is 7.02. The van der Waals surface area contributed by atoms with Gasteiger partial charge in [-0.3, -0.25) is 0 Å². The molecule has 0 saturated heterocycles. The highest BCUT2D eigenvalue weighted by molar-refractivity contribution is 9.10. The average molecular weight is 286 g/mol. The van der Waals surface area contributed by atoms with Gasteiger partial charge in [0, 0.05) is 10.0 Å². The molecular formula is C8H4BrF4NO. The van der Waals surface area contributed by atoms with Crippen LogP contribution in [0.15, 0.2) is 27.8 Å². The summed E-state index contributed by atoms with van der Waals surface area (Å²) in [5, 5.41) is 10.3. The third-order valence-corrected chi connectivity index (χ3v) is 2.05. The Balaban J connectivity index is 3.31. The van der Waals surface area contributed by atoms with Crippen molar-refractivity contribution in [3.05, 3.63) is 34.1 Å². The molecule has 0 aliphatic heterocycles. The van der Waals surface area contributed by atoms with E-state index in [0.29, 0.717) is 0 Å². The van der Waals surface area contributed by atoms with E-state index in [4.69, 9.17) is 5.21 Å². The lowest BCUT2D eigenvalue weighted by atomic mass is 10.1. The summed E-state index contributed by atoms with van der Waals surface area (Å²) in [6.45, 7) is 0. The minimum absolute atomic E-state index is 0.254. The lowest BCUT2D eigenvalue weighted by Crippen LogP contribution is -2.25. The van der Waals surface area contributed by atoms with Crippen LogP contribution in [0.1, 0.15) is 5.56 Å². The first kappa shape index (κ1) is 12.0. The maximum absolute atomic E-state index is 13.0. The Bertz CT molecular complexity index is 402. The molecule has 2 nitrogen and oxygen atoms in total. The van der Waals surface area contributed by atoms with Gasteiger partial charge in [-0.05, 0) is 18.2 Å². The van der Waals surface area contributed by atoms with E-state index in [9.17, 15) is 17.6 Å². The molecule has 0 unspecified atom stereocenters. The molecule has 0 aromatic heterocycles. The van der Waals surface area contributed by atoms with Crippen molar-refractivity contribution < 1.29 is 22.8 Å². The number of nitrogens with zero attached hydrogens (tertiary/aromatic N) is 1. The van der Waals surface area contributed by atoms with Gasteiger partial charge in [-0.1, -0.05) is 21.1 Å². The van der Waals surface area contributed by atoms with Crippen LogP contribution in [-0.4, -0.2) is 17.1 Å². The summed E-state index contributed by atoms with van der Waals surface area (Å²) in [6.07, 6.45) is -4.91. The zero-order chi connectivity index (χ0) is 11.6. The maximum Gasteiger partial charge on any atom is 0.437 e. The van der Waals surface area contributed by atoms with Gasteiger partial charge in [0.2, 0.25) is 0 Å². The van der Waals surface area contributed by atoms with Crippen molar-refractivity contribution in [2.24, 2.45) is 5.16 Å². The number of benzene rings is 1. The van der Waals surface area contributed by atoms with Crippen molar-refractivity contribution in [3.63, 3.8) is 0 Å². The molecule has 0 radical (unpaired) electrons. The maximum atomic E-state index is 13.0. The second-order valence-electron chi connectivity index (χ2n) is 2.57. The van der Waals surface area contributed by atoms with E-state index in [1.165, 1.54) is 6.07 Å². The molecule has 0 fully saturated rings. The largest absolute Gasteiger partial charge is 0.437 e. The molecule has 1 rings (SSSR count). The topological polar surface area (TPSA) is 32.6 Å². The number of alkyl halides is 3. The standard InChI is InChI=1S/C8H4BrF4NO/c9-4-1-2-6(10)5(3-4)7(14-15)8(11,12)13/h1-3,15H. The molecular weight excluding hydrogens is 282 g/mol. The molecule has 0 amide bonds. The minimum Gasteiger partial charge on any atom is -0.410 e. The summed E-state index contributed by atoms with van der Waals surface area (Å²) in [5.41, 5.74) is -2.47. The van der Waals surface area contributed by atoms with Crippen LogP contribution in [0.5, 0.6) is 0 Å². The quantitative estimate of drug-likeness (QED) is 0.365. The van der Waals surface area contributed by atoms with Crippen LogP contribution in [0.4, 0.5) is 17.6 Å². The Morgan fingerprint density at radius 1 is 1.33 bits per heavy atom. The van der Waals surface area contributed by atoms with Gasteiger partial charge in [0.05, 0.1) is 0 Å². The van der Waals surface area contributed by atoms with Gasteiger partial charge in [0.25, 0.3) is 0 Å². The van der Waals surface area contributed by atoms with Gasteiger partial charge >= 0.3 is 6.18 Å². The molecule has 1 aromatic rings. The highest BCUT2D eigenvalue weighted by Crippen LogP contribution is 2.26. The van der Waals surface area contributed by atoms with Crippen LogP contribution in [0, 0.1) is 5.82 Å². The monoisotopic (exact) mass is 285 g/mol. The number of hydrogen-bond acceptors (Lipinski definition) is 2. The summed E-state index contributed by atoms with van der Waals surface area (Å²) < 4.78 is 50.0. The molecule has 1 N–H and O–H groups in total. The van der Waals surface area contributed by atoms with Gasteiger partial charge in [-0.25, -0.2) is 4.39 Å². The Morgan fingerprint density at radius 2 is 1.93 bits per heavy atom. The first-order valence-electron chi connectivity index (χ1n) is 3.61. The fraction of sp³-hybridized carbons (Fsp3) is 0.125. The Hall–Kier alpha value is -1.11. The van der Waals surface area contributed by atoms with Crippen molar-refractivity contribution >= 4 is 21.6 Å². The van der Waals surface area contributed by atoms with Crippen molar-refractivity contribution in [1.82, 2.24) is 0 Å². The molecule has 0 saturated carbocycles. The molecule has 0 aliphatic carbocycles. The van der Waals surface area contributed by atoms with Gasteiger partial charge in [0.15, 0.2) is 5.71 Å². The van der Waals surface area contributed by atoms with Gasteiger partial charge in [-0.2, -0.15) is 13.2 Å². The normalized spacial score (nSPS) is 13.0. The van der Waals surface area contributed by atoms with Crippen molar-refractivity contribution in [2.75, 3.05) is 0 Å². The zero-order valence-corrected chi connectivity index (χ0v) is 8.60. The third kappa shape index (κ3) is 2.68. The Morgan fingerprint density at radius 3 is 2.40 bits per heavy atom. The summed E-state index contributed by atoms with van der Waals surface area (Å²) >= 11 is 2.89. The lowest BCUT2D eigenvalue weighted by Gasteiger charge is -2.09. The van der Waals surface area contributed by atoms with Crippen LogP contribution >= 0.6 is 15.9 Å². The Kier molecular flexibility index (Phi) is 3.33. The molecule has 1 aromatic carbocycles. The number of halogens is 5. The Labute approximate surface area is 90.3 Å². The van der Waals surface area contributed by atoms with E-state index < -0.39 is 23.3 Å². The van der Waals surface area contributed by atoms with E-state index in [-0.39, 0.29) is 4.47 Å². The van der Waals surface area contributed by atoms with Crippen LogP contribution < -0.4 is 0 Å². The fourth-order valence-corrected chi connectivity index (χ4v) is 1.30. The summed E-state index contributed by atoms with van der Waals surface area (Å²) in [7, 11) is 0. The fourth-order valence-electron chi connectivity index (χ4n) is 0.942. The van der Waals surface area contributed by atoms with E-state index in [1.807, 2.05) is 0 Å². The molecule has 0 atom stereocenters. The van der Waals surface area contributed by atoms with E-state index in [1.54, 1.807) is 0 Å². The predicted molar refractivity (Wildman–Crippen MR) is 48.5 cm³/mol. The summed E-state index contributed by atoms with van der Waals surface area (Å²) in [5.74, 6) is -1.11. The second kappa shape index (κ2) is 4.18.